The predicted molar refractivity (Wildman–Crippen MR) is 101 cm³/mol. The maximum Gasteiger partial charge on any atom is 0.161 e. The van der Waals surface area contributed by atoms with Gasteiger partial charge in [-0.05, 0) is 55.5 Å². The third kappa shape index (κ3) is 4.55. The number of rotatable bonds is 5. The first-order valence-corrected chi connectivity index (χ1v) is 8.91. The van der Waals surface area contributed by atoms with Crippen LogP contribution in [-0.4, -0.2) is 19.8 Å². The Morgan fingerprint density at radius 2 is 1.84 bits per heavy atom. The van der Waals surface area contributed by atoms with E-state index in [1.165, 1.54) is 12.8 Å². The Morgan fingerprint density at radius 3 is 2.52 bits per heavy atom. The SMILES string of the molecule is COc1ccc([C@@H](C#Cc2ccccc2)CN)cc1OC1CCCC1. The molecule has 2 N–H and O–H groups in total. The minimum atomic E-state index is -0.0305. The van der Waals surface area contributed by atoms with E-state index >= 15 is 0 Å². The molecule has 1 fully saturated rings. The van der Waals surface area contributed by atoms with Crippen molar-refractivity contribution in [2.75, 3.05) is 13.7 Å². The Bertz CT molecular complexity index is 740. The maximum atomic E-state index is 6.18. The summed E-state index contributed by atoms with van der Waals surface area (Å²) in [5, 5.41) is 0. The van der Waals surface area contributed by atoms with Gasteiger partial charge in [-0.2, -0.15) is 0 Å². The molecule has 0 aromatic heterocycles. The number of hydrogen-bond acceptors (Lipinski definition) is 3. The number of methoxy groups -OCH3 is 1. The second-order valence-corrected chi connectivity index (χ2v) is 6.36. The molecule has 3 nitrogen and oxygen atoms in total. The van der Waals surface area contributed by atoms with Gasteiger partial charge in [0.05, 0.1) is 19.1 Å². The third-order valence-corrected chi connectivity index (χ3v) is 4.59. The molecule has 1 saturated carbocycles. The molecule has 0 spiro atoms. The lowest BCUT2D eigenvalue weighted by Gasteiger charge is -2.18. The van der Waals surface area contributed by atoms with Crippen molar-refractivity contribution in [2.45, 2.75) is 37.7 Å². The molecule has 0 unspecified atom stereocenters. The van der Waals surface area contributed by atoms with Crippen molar-refractivity contribution in [1.29, 1.82) is 0 Å². The minimum absolute atomic E-state index is 0.0305. The first-order chi connectivity index (χ1) is 12.3. The van der Waals surface area contributed by atoms with Crippen LogP contribution in [0.2, 0.25) is 0 Å². The highest BCUT2D eigenvalue weighted by molar-refractivity contribution is 5.47. The summed E-state index contributed by atoms with van der Waals surface area (Å²) >= 11 is 0. The van der Waals surface area contributed by atoms with E-state index in [9.17, 15) is 0 Å². The highest BCUT2D eigenvalue weighted by Crippen LogP contribution is 2.34. The monoisotopic (exact) mass is 335 g/mol. The van der Waals surface area contributed by atoms with Crippen molar-refractivity contribution in [1.82, 2.24) is 0 Å². The van der Waals surface area contributed by atoms with Crippen LogP contribution in [0.25, 0.3) is 0 Å². The smallest absolute Gasteiger partial charge is 0.161 e. The molecule has 1 aliphatic carbocycles. The molecule has 1 atom stereocenters. The third-order valence-electron chi connectivity index (χ3n) is 4.59. The number of ether oxygens (including phenoxy) is 2. The van der Waals surface area contributed by atoms with Crippen LogP contribution >= 0.6 is 0 Å². The zero-order chi connectivity index (χ0) is 17.5. The van der Waals surface area contributed by atoms with Crippen molar-refractivity contribution >= 4 is 0 Å². The zero-order valence-corrected chi connectivity index (χ0v) is 14.7. The number of nitrogens with two attached hydrogens (primary N) is 1. The molecule has 0 amide bonds. The molecule has 25 heavy (non-hydrogen) atoms. The van der Waals surface area contributed by atoms with Crippen molar-refractivity contribution < 1.29 is 9.47 Å². The van der Waals surface area contributed by atoms with Gasteiger partial charge < -0.3 is 15.2 Å². The van der Waals surface area contributed by atoms with E-state index in [-0.39, 0.29) is 12.0 Å². The fourth-order valence-electron chi connectivity index (χ4n) is 3.16. The highest BCUT2D eigenvalue weighted by atomic mass is 16.5. The largest absolute Gasteiger partial charge is 0.493 e. The summed E-state index contributed by atoms with van der Waals surface area (Å²) < 4.78 is 11.6. The molecule has 1 aliphatic rings. The molecule has 2 aromatic rings. The van der Waals surface area contributed by atoms with Crippen molar-refractivity contribution in [2.24, 2.45) is 5.73 Å². The van der Waals surface area contributed by atoms with Crippen LogP contribution in [0.4, 0.5) is 0 Å². The fraction of sp³-hybridized carbons (Fsp3) is 0.364. The highest BCUT2D eigenvalue weighted by Gasteiger charge is 2.19. The molecule has 3 heteroatoms. The second kappa shape index (κ2) is 8.60. The van der Waals surface area contributed by atoms with E-state index in [1.54, 1.807) is 7.11 Å². The van der Waals surface area contributed by atoms with Crippen LogP contribution < -0.4 is 15.2 Å². The summed E-state index contributed by atoms with van der Waals surface area (Å²) in [4.78, 5) is 0. The molecule has 2 aromatic carbocycles. The predicted octanol–water partition coefficient (Wildman–Crippen LogP) is 4.11. The van der Waals surface area contributed by atoms with Gasteiger partial charge in [-0.3, -0.25) is 0 Å². The summed E-state index contributed by atoms with van der Waals surface area (Å²) in [7, 11) is 1.67. The van der Waals surface area contributed by atoms with E-state index in [4.69, 9.17) is 15.2 Å². The number of hydrogen-bond donors (Lipinski definition) is 1. The van der Waals surface area contributed by atoms with Gasteiger partial charge in [0, 0.05) is 12.1 Å². The molecule has 0 heterocycles. The van der Waals surface area contributed by atoms with Crippen molar-refractivity contribution in [3.63, 3.8) is 0 Å². The quantitative estimate of drug-likeness (QED) is 0.836. The molecular weight excluding hydrogens is 310 g/mol. The lowest BCUT2D eigenvalue weighted by Crippen LogP contribution is -2.14. The van der Waals surface area contributed by atoms with E-state index in [2.05, 4.69) is 11.8 Å². The Hall–Kier alpha value is -2.44. The van der Waals surface area contributed by atoms with Crippen molar-refractivity contribution in [3.8, 4) is 23.3 Å². The van der Waals surface area contributed by atoms with Crippen molar-refractivity contribution in [3.05, 3.63) is 59.7 Å². The standard InChI is InChI=1S/C22H25NO2/c1-24-21-14-13-18(15-22(21)25-20-9-5-6-10-20)19(16-23)12-11-17-7-3-2-4-8-17/h2-4,7-8,13-15,19-20H,5-6,9-10,16,23H2,1H3/t19-/m0/s1. The average Bonchev–Trinajstić information content (AvgIpc) is 3.16. The van der Waals surface area contributed by atoms with Gasteiger partial charge >= 0.3 is 0 Å². The maximum absolute atomic E-state index is 6.18. The van der Waals surface area contributed by atoms with Gasteiger partial charge in [0.2, 0.25) is 0 Å². The van der Waals surface area contributed by atoms with E-state index in [0.717, 1.165) is 35.5 Å². The van der Waals surface area contributed by atoms with Gasteiger partial charge in [0.1, 0.15) is 0 Å². The summed E-state index contributed by atoms with van der Waals surface area (Å²) in [5.74, 6) is 8.04. The second-order valence-electron chi connectivity index (χ2n) is 6.36. The van der Waals surface area contributed by atoms with E-state index < -0.39 is 0 Å². The summed E-state index contributed by atoms with van der Waals surface area (Å²) in [6, 6.07) is 16.0. The Balaban J connectivity index is 1.83. The lowest BCUT2D eigenvalue weighted by atomic mass is 9.98. The average molecular weight is 335 g/mol. The molecule has 0 bridgehead atoms. The molecule has 130 valence electrons. The van der Waals surface area contributed by atoms with Gasteiger partial charge in [0.25, 0.3) is 0 Å². The summed E-state index contributed by atoms with van der Waals surface area (Å²) in [5.41, 5.74) is 8.04. The Kier molecular flexibility index (Phi) is 5.98. The van der Waals surface area contributed by atoms with E-state index in [1.807, 2.05) is 48.5 Å². The van der Waals surface area contributed by atoms with Gasteiger partial charge in [-0.1, -0.05) is 36.1 Å². The van der Waals surface area contributed by atoms with E-state index in [0.29, 0.717) is 6.54 Å². The topological polar surface area (TPSA) is 44.5 Å². The van der Waals surface area contributed by atoms with Gasteiger partial charge in [-0.15, -0.1) is 0 Å². The first kappa shape index (κ1) is 17.4. The Morgan fingerprint density at radius 1 is 1.08 bits per heavy atom. The molecular formula is C22H25NO2. The first-order valence-electron chi connectivity index (χ1n) is 8.91. The normalized spacial score (nSPS) is 15.3. The zero-order valence-electron chi connectivity index (χ0n) is 14.7. The fourth-order valence-corrected chi connectivity index (χ4v) is 3.16. The summed E-state index contributed by atoms with van der Waals surface area (Å²) in [6.45, 7) is 0.467. The van der Waals surface area contributed by atoms with Crippen LogP contribution in [0.15, 0.2) is 48.5 Å². The van der Waals surface area contributed by atoms with Gasteiger partial charge in [0.15, 0.2) is 11.5 Å². The Labute approximate surface area is 150 Å². The lowest BCUT2D eigenvalue weighted by molar-refractivity contribution is 0.200. The molecule has 0 saturated heterocycles. The molecule has 0 aliphatic heterocycles. The van der Waals surface area contributed by atoms with Crippen LogP contribution in [0.5, 0.6) is 11.5 Å². The number of benzene rings is 2. The van der Waals surface area contributed by atoms with Crippen LogP contribution in [0, 0.1) is 11.8 Å². The molecule has 3 rings (SSSR count). The van der Waals surface area contributed by atoms with Crippen LogP contribution in [0.1, 0.15) is 42.7 Å². The molecule has 0 radical (unpaired) electrons. The summed E-state index contributed by atoms with van der Waals surface area (Å²) in [6.07, 6.45) is 4.99. The van der Waals surface area contributed by atoms with Gasteiger partial charge in [-0.25, -0.2) is 0 Å². The van der Waals surface area contributed by atoms with Crippen LogP contribution in [0.3, 0.4) is 0 Å². The minimum Gasteiger partial charge on any atom is -0.493 e. The van der Waals surface area contributed by atoms with Crippen LogP contribution in [-0.2, 0) is 0 Å².